The molecule has 0 amide bonds. The van der Waals surface area contributed by atoms with Crippen molar-refractivity contribution < 1.29 is 18.3 Å². The van der Waals surface area contributed by atoms with Crippen molar-refractivity contribution in [2.75, 3.05) is 30.5 Å². The van der Waals surface area contributed by atoms with Gasteiger partial charge in [0.15, 0.2) is 0 Å². The predicted molar refractivity (Wildman–Crippen MR) is 71.7 cm³/mol. The largest absolute Gasteiger partial charge is 0.478 e. The lowest BCUT2D eigenvalue weighted by Gasteiger charge is -2.15. The first kappa shape index (κ1) is 15.1. The molecule has 1 rings (SSSR count). The van der Waals surface area contributed by atoms with Crippen LogP contribution in [-0.2, 0) is 14.6 Å². The van der Waals surface area contributed by atoms with Crippen LogP contribution in [0.25, 0.3) is 6.08 Å². The van der Waals surface area contributed by atoms with E-state index in [0.29, 0.717) is 18.1 Å². The van der Waals surface area contributed by atoms with Crippen LogP contribution in [0.5, 0.6) is 0 Å². The zero-order chi connectivity index (χ0) is 14.5. The number of aromatic nitrogens is 2. The fraction of sp³-hybridized carbons (Fsp3) is 0.364. The molecule has 0 unspecified atom stereocenters. The molecular weight excluding hydrogens is 270 g/mol. The second-order valence-electron chi connectivity index (χ2n) is 4.04. The summed E-state index contributed by atoms with van der Waals surface area (Å²) in [5.41, 5.74) is 0.558. The predicted octanol–water partition coefficient (Wildman–Crippen LogP) is 0.0552. The van der Waals surface area contributed by atoms with Crippen molar-refractivity contribution in [3.05, 3.63) is 24.0 Å². The molecule has 0 atom stereocenters. The summed E-state index contributed by atoms with van der Waals surface area (Å²) in [6.07, 6.45) is 6.48. The smallest absolute Gasteiger partial charge is 0.328 e. The van der Waals surface area contributed by atoms with Gasteiger partial charge in [0.2, 0.25) is 5.95 Å². The normalized spacial score (nSPS) is 11.7. The van der Waals surface area contributed by atoms with Crippen LogP contribution in [0.4, 0.5) is 5.95 Å². The zero-order valence-electron chi connectivity index (χ0n) is 10.6. The third-order valence-electron chi connectivity index (χ3n) is 2.22. The summed E-state index contributed by atoms with van der Waals surface area (Å²) in [7, 11) is -1.34. The quantitative estimate of drug-likeness (QED) is 0.737. The monoisotopic (exact) mass is 285 g/mol. The van der Waals surface area contributed by atoms with Crippen LogP contribution in [0.3, 0.4) is 0 Å². The number of rotatable bonds is 6. The lowest BCUT2D eigenvalue weighted by Crippen LogP contribution is -2.26. The molecule has 0 radical (unpaired) electrons. The van der Waals surface area contributed by atoms with Crippen LogP contribution in [0.1, 0.15) is 5.56 Å². The molecule has 0 aliphatic rings. The standard InChI is InChI=1S/C11H15N3O4S/c1-14(5-6-19(2,17)18)11-12-7-9(8-13-11)3-4-10(15)16/h3-4,7-8H,5-6H2,1-2H3,(H,15,16)/b4-3+. The highest BCUT2D eigenvalue weighted by Crippen LogP contribution is 2.06. The Morgan fingerprint density at radius 3 is 2.47 bits per heavy atom. The molecule has 0 saturated heterocycles. The Hall–Kier alpha value is -1.96. The second-order valence-corrected chi connectivity index (χ2v) is 6.30. The highest BCUT2D eigenvalue weighted by molar-refractivity contribution is 7.90. The first-order chi connectivity index (χ1) is 8.78. The Bertz CT molecular complexity index is 566. The first-order valence-corrected chi connectivity index (χ1v) is 7.46. The van der Waals surface area contributed by atoms with Crippen LogP contribution in [0.15, 0.2) is 18.5 Å². The average Bonchev–Trinajstić information content (AvgIpc) is 2.33. The minimum atomic E-state index is -3.03. The molecular formula is C11H15N3O4S. The van der Waals surface area contributed by atoms with E-state index < -0.39 is 15.8 Å². The molecule has 0 aromatic carbocycles. The maximum absolute atomic E-state index is 11.0. The van der Waals surface area contributed by atoms with Gasteiger partial charge in [-0.15, -0.1) is 0 Å². The Kier molecular flexibility index (Phi) is 4.99. The highest BCUT2D eigenvalue weighted by Gasteiger charge is 2.08. The minimum absolute atomic E-state index is 0.0214. The van der Waals surface area contributed by atoms with E-state index >= 15 is 0 Å². The molecule has 0 spiro atoms. The summed E-state index contributed by atoms with van der Waals surface area (Å²) in [4.78, 5) is 20.0. The Labute approximate surface area is 111 Å². The summed E-state index contributed by atoms with van der Waals surface area (Å²) in [5.74, 6) is -0.640. The summed E-state index contributed by atoms with van der Waals surface area (Å²) in [5, 5.41) is 8.47. The second kappa shape index (κ2) is 6.28. The van der Waals surface area contributed by atoms with Crippen molar-refractivity contribution in [1.82, 2.24) is 9.97 Å². The molecule has 1 aromatic heterocycles. The van der Waals surface area contributed by atoms with Crippen LogP contribution in [0.2, 0.25) is 0 Å². The number of aliphatic carboxylic acids is 1. The lowest BCUT2D eigenvalue weighted by molar-refractivity contribution is -0.131. The molecule has 1 N–H and O–H groups in total. The SMILES string of the molecule is CN(CCS(C)(=O)=O)c1ncc(/C=C/C(=O)O)cn1. The topological polar surface area (TPSA) is 100 Å². The highest BCUT2D eigenvalue weighted by atomic mass is 32.2. The summed E-state index contributed by atoms with van der Waals surface area (Å²) >= 11 is 0. The van der Waals surface area contributed by atoms with Crippen LogP contribution in [0, 0.1) is 0 Å². The lowest BCUT2D eigenvalue weighted by atomic mass is 10.3. The Morgan fingerprint density at radius 1 is 1.42 bits per heavy atom. The number of sulfone groups is 1. The fourth-order valence-corrected chi connectivity index (χ4v) is 1.79. The van der Waals surface area contributed by atoms with Gasteiger partial charge in [-0.3, -0.25) is 0 Å². The van der Waals surface area contributed by atoms with E-state index in [1.165, 1.54) is 24.7 Å². The molecule has 8 heteroatoms. The fourth-order valence-electron chi connectivity index (χ4n) is 1.18. The van der Waals surface area contributed by atoms with Gasteiger partial charge in [-0.25, -0.2) is 23.2 Å². The summed E-state index contributed by atoms with van der Waals surface area (Å²) < 4.78 is 22.1. The van der Waals surface area contributed by atoms with E-state index in [-0.39, 0.29) is 5.75 Å². The maximum Gasteiger partial charge on any atom is 0.328 e. The summed E-state index contributed by atoms with van der Waals surface area (Å²) in [6.45, 7) is 0.295. The number of nitrogens with zero attached hydrogens (tertiary/aromatic N) is 3. The van der Waals surface area contributed by atoms with Gasteiger partial charge in [0.05, 0.1) is 5.75 Å². The Balaban J connectivity index is 2.68. The number of carboxylic acid groups (broad SMARTS) is 1. The van der Waals surface area contributed by atoms with Gasteiger partial charge < -0.3 is 10.0 Å². The van der Waals surface area contributed by atoms with Crippen molar-refractivity contribution in [3.63, 3.8) is 0 Å². The van der Waals surface area contributed by atoms with Gasteiger partial charge in [-0.1, -0.05) is 0 Å². The molecule has 7 nitrogen and oxygen atoms in total. The van der Waals surface area contributed by atoms with E-state index in [1.54, 1.807) is 11.9 Å². The molecule has 0 saturated carbocycles. The zero-order valence-corrected chi connectivity index (χ0v) is 11.5. The van der Waals surface area contributed by atoms with E-state index in [0.717, 1.165) is 6.08 Å². The van der Waals surface area contributed by atoms with Crippen molar-refractivity contribution >= 4 is 27.8 Å². The number of carbonyl (C=O) groups is 1. The van der Waals surface area contributed by atoms with Crippen molar-refractivity contribution in [1.29, 1.82) is 0 Å². The van der Waals surface area contributed by atoms with Crippen molar-refractivity contribution in [2.24, 2.45) is 0 Å². The number of carboxylic acids is 1. The first-order valence-electron chi connectivity index (χ1n) is 5.40. The third kappa shape index (κ3) is 5.96. The summed E-state index contributed by atoms with van der Waals surface area (Å²) in [6, 6.07) is 0. The minimum Gasteiger partial charge on any atom is -0.478 e. The van der Waals surface area contributed by atoms with Gasteiger partial charge in [0.1, 0.15) is 9.84 Å². The maximum atomic E-state index is 11.0. The average molecular weight is 285 g/mol. The van der Waals surface area contributed by atoms with Crippen molar-refractivity contribution in [3.8, 4) is 0 Å². The number of hydrogen-bond donors (Lipinski definition) is 1. The van der Waals surface area contributed by atoms with Gasteiger partial charge in [-0.05, 0) is 6.08 Å². The van der Waals surface area contributed by atoms with Gasteiger partial charge >= 0.3 is 5.97 Å². The molecule has 1 heterocycles. The number of anilines is 1. The van der Waals surface area contributed by atoms with E-state index in [4.69, 9.17) is 5.11 Å². The van der Waals surface area contributed by atoms with Gasteiger partial charge in [-0.2, -0.15) is 0 Å². The van der Waals surface area contributed by atoms with E-state index in [2.05, 4.69) is 9.97 Å². The molecule has 0 fully saturated rings. The van der Waals surface area contributed by atoms with E-state index in [1.807, 2.05) is 0 Å². The van der Waals surface area contributed by atoms with Crippen molar-refractivity contribution in [2.45, 2.75) is 0 Å². The van der Waals surface area contributed by atoms with Gasteiger partial charge in [0.25, 0.3) is 0 Å². The molecule has 0 bridgehead atoms. The van der Waals surface area contributed by atoms with Gasteiger partial charge in [0, 0.05) is 43.9 Å². The Morgan fingerprint density at radius 2 is 2.00 bits per heavy atom. The third-order valence-corrected chi connectivity index (χ3v) is 3.14. The molecule has 0 aliphatic carbocycles. The van der Waals surface area contributed by atoms with E-state index in [9.17, 15) is 13.2 Å². The van der Waals surface area contributed by atoms with Crippen LogP contribution >= 0.6 is 0 Å². The molecule has 104 valence electrons. The molecule has 19 heavy (non-hydrogen) atoms. The van der Waals surface area contributed by atoms with Crippen LogP contribution < -0.4 is 4.90 Å². The molecule has 0 aliphatic heterocycles. The van der Waals surface area contributed by atoms with Crippen LogP contribution in [-0.4, -0.2) is 55.1 Å². The number of hydrogen-bond acceptors (Lipinski definition) is 6. The molecule has 1 aromatic rings.